The lowest BCUT2D eigenvalue weighted by Crippen LogP contribution is -2.64. The number of aliphatic hydroxyl groups excluding tert-OH is 1. The number of methoxy groups -OCH3 is 3. The zero-order valence-corrected chi connectivity index (χ0v) is 20.7. The molecule has 0 spiro atoms. The van der Waals surface area contributed by atoms with Crippen molar-refractivity contribution in [1.29, 1.82) is 0 Å². The molecule has 1 aliphatic heterocycles. The van der Waals surface area contributed by atoms with Crippen molar-refractivity contribution in [1.82, 2.24) is 9.55 Å². The molecule has 12 heteroatoms. The van der Waals surface area contributed by atoms with Crippen LogP contribution in [0.3, 0.4) is 0 Å². The molecule has 1 aromatic carbocycles. The van der Waals surface area contributed by atoms with E-state index in [4.69, 9.17) is 18.9 Å². The van der Waals surface area contributed by atoms with Gasteiger partial charge in [-0.2, -0.15) is 4.98 Å². The first kappa shape index (κ1) is 26.4. The topological polar surface area (TPSA) is 162 Å². The quantitative estimate of drug-likeness (QED) is 0.427. The molecule has 1 aliphatic rings. The number of anilines is 1. The molecule has 1 fully saturated rings. The fourth-order valence-corrected chi connectivity index (χ4v) is 4.27. The highest BCUT2D eigenvalue weighted by atomic mass is 16.6. The molecule has 1 saturated heterocycles. The summed E-state index contributed by atoms with van der Waals surface area (Å²) in [6.07, 6.45) is 1.27. The van der Waals surface area contributed by atoms with Gasteiger partial charge in [-0.05, 0) is 45.9 Å². The Labute approximate surface area is 202 Å². The lowest BCUT2D eigenvalue weighted by atomic mass is 9.73. The van der Waals surface area contributed by atoms with Crippen LogP contribution in [0, 0.1) is 0 Å². The van der Waals surface area contributed by atoms with Crippen LogP contribution in [0.25, 0.3) is 0 Å². The van der Waals surface area contributed by atoms with Gasteiger partial charge in [-0.25, -0.2) is 4.79 Å². The van der Waals surface area contributed by atoms with E-state index in [1.54, 1.807) is 0 Å². The lowest BCUT2D eigenvalue weighted by molar-refractivity contribution is -0.196. The van der Waals surface area contributed by atoms with Crippen LogP contribution in [0.1, 0.15) is 38.1 Å². The summed E-state index contributed by atoms with van der Waals surface area (Å²) in [5.74, 6) is 0.193. The van der Waals surface area contributed by atoms with Gasteiger partial charge in [-0.3, -0.25) is 9.36 Å². The third kappa shape index (κ3) is 3.82. The summed E-state index contributed by atoms with van der Waals surface area (Å²) in [6, 6.07) is 4.23. The number of aromatic nitrogens is 2. The van der Waals surface area contributed by atoms with Gasteiger partial charge < -0.3 is 39.6 Å². The van der Waals surface area contributed by atoms with Crippen LogP contribution >= 0.6 is 0 Å². The number of aliphatic hydroxyl groups is 3. The van der Waals surface area contributed by atoms with E-state index in [0.717, 1.165) is 4.57 Å². The zero-order valence-electron chi connectivity index (χ0n) is 20.7. The molecule has 2 heterocycles. The predicted molar refractivity (Wildman–Crippen MR) is 124 cm³/mol. The van der Waals surface area contributed by atoms with Gasteiger partial charge in [0.1, 0.15) is 22.6 Å². The fraction of sp³-hybridized carbons (Fsp3) is 0.522. The molecule has 1 aromatic heterocycles. The van der Waals surface area contributed by atoms with Crippen molar-refractivity contribution >= 4 is 11.7 Å². The molecule has 12 nitrogen and oxygen atoms in total. The van der Waals surface area contributed by atoms with Gasteiger partial charge >= 0.3 is 5.69 Å². The number of hydrogen-bond donors (Lipinski definition) is 4. The summed E-state index contributed by atoms with van der Waals surface area (Å²) >= 11 is 0. The molecule has 4 atom stereocenters. The molecule has 0 aliphatic carbocycles. The van der Waals surface area contributed by atoms with E-state index < -0.39 is 40.7 Å². The van der Waals surface area contributed by atoms with E-state index in [1.165, 1.54) is 73.4 Å². The van der Waals surface area contributed by atoms with Crippen LogP contribution in [-0.2, 0) is 10.5 Å². The van der Waals surface area contributed by atoms with E-state index in [1.807, 2.05) is 0 Å². The van der Waals surface area contributed by atoms with Crippen LogP contribution in [0.4, 0.5) is 5.82 Å². The summed E-state index contributed by atoms with van der Waals surface area (Å²) < 4.78 is 22.6. The molecular weight excluding hydrogens is 462 g/mol. The molecule has 4 unspecified atom stereocenters. The summed E-state index contributed by atoms with van der Waals surface area (Å²) in [5.41, 5.74) is -8.02. The standard InChI is InChI=1S/C23H31N3O9/c1-20(12-27)21(2,30)22(3,31)23(4,35-20)26-9-8-16(25-19(26)29)24-18(28)13-10-14(32-5)17(34-7)15(11-13)33-6/h8-11,27,30-31H,12H2,1-7H3,(H,24,25,28,29). The lowest BCUT2D eigenvalue weighted by Gasteiger charge is -2.42. The number of carbonyl (C=O) groups is 1. The van der Waals surface area contributed by atoms with Gasteiger partial charge in [0.25, 0.3) is 5.91 Å². The highest BCUT2D eigenvalue weighted by Crippen LogP contribution is 2.53. The Bertz CT molecular complexity index is 1170. The fourth-order valence-electron chi connectivity index (χ4n) is 4.27. The number of carbonyl (C=O) groups excluding carboxylic acids is 1. The Morgan fingerprint density at radius 2 is 1.63 bits per heavy atom. The molecule has 0 saturated carbocycles. The average Bonchev–Trinajstić information content (AvgIpc) is 2.92. The second kappa shape index (κ2) is 8.79. The zero-order chi connectivity index (χ0) is 26.4. The Balaban J connectivity index is 1.95. The number of nitrogens with zero attached hydrogens (tertiary/aromatic N) is 2. The van der Waals surface area contributed by atoms with Gasteiger partial charge in [0.2, 0.25) is 5.75 Å². The molecule has 2 aromatic rings. The molecule has 35 heavy (non-hydrogen) atoms. The van der Waals surface area contributed by atoms with E-state index in [0.29, 0.717) is 5.75 Å². The van der Waals surface area contributed by atoms with Crippen molar-refractivity contribution < 1.29 is 39.1 Å². The van der Waals surface area contributed by atoms with Crippen LogP contribution in [-0.4, -0.2) is 75.5 Å². The van der Waals surface area contributed by atoms with Crippen LogP contribution in [0.2, 0.25) is 0 Å². The van der Waals surface area contributed by atoms with Crippen molar-refractivity contribution in [3.63, 3.8) is 0 Å². The maximum atomic E-state index is 12.9. The van der Waals surface area contributed by atoms with Crippen LogP contribution in [0.5, 0.6) is 17.2 Å². The summed E-state index contributed by atoms with van der Waals surface area (Å²) in [5, 5.41) is 34.6. The molecule has 4 N–H and O–H groups in total. The summed E-state index contributed by atoms with van der Waals surface area (Å²) in [6.45, 7) is 4.84. The highest BCUT2D eigenvalue weighted by Gasteiger charge is 2.72. The second-order valence-electron chi connectivity index (χ2n) is 8.95. The van der Waals surface area contributed by atoms with Gasteiger partial charge in [0.05, 0.1) is 27.9 Å². The molecular formula is C23H31N3O9. The number of amides is 1. The van der Waals surface area contributed by atoms with Gasteiger partial charge in [-0.15, -0.1) is 0 Å². The first-order valence-electron chi connectivity index (χ1n) is 10.7. The average molecular weight is 494 g/mol. The second-order valence-corrected chi connectivity index (χ2v) is 8.95. The SMILES string of the molecule is COc1cc(C(=O)Nc2ccn(C3(C)OC(C)(CO)C(C)(O)C3(C)O)c(=O)n2)cc(OC)c1OC. The Hall–Kier alpha value is -3.19. The van der Waals surface area contributed by atoms with E-state index >= 15 is 0 Å². The minimum absolute atomic E-state index is 0.0667. The van der Waals surface area contributed by atoms with Crippen LogP contribution < -0.4 is 25.2 Å². The summed E-state index contributed by atoms with van der Waals surface area (Å²) in [7, 11) is 4.27. The number of benzene rings is 1. The molecule has 0 bridgehead atoms. The maximum Gasteiger partial charge on any atom is 0.351 e. The highest BCUT2D eigenvalue weighted by molar-refractivity contribution is 6.04. The number of hydrogen-bond acceptors (Lipinski definition) is 10. The van der Waals surface area contributed by atoms with E-state index in [9.17, 15) is 24.9 Å². The van der Waals surface area contributed by atoms with Gasteiger partial charge in [0, 0.05) is 11.8 Å². The molecule has 192 valence electrons. The van der Waals surface area contributed by atoms with E-state index in [2.05, 4.69) is 10.3 Å². The van der Waals surface area contributed by atoms with Gasteiger partial charge in [0.15, 0.2) is 17.2 Å². The number of ether oxygens (including phenoxy) is 4. The number of nitrogens with one attached hydrogen (secondary N) is 1. The van der Waals surface area contributed by atoms with E-state index in [-0.39, 0.29) is 22.9 Å². The molecule has 0 radical (unpaired) electrons. The Kier molecular flexibility index (Phi) is 6.63. The van der Waals surface area contributed by atoms with Crippen LogP contribution in [0.15, 0.2) is 29.2 Å². The molecule has 1 amide bonds. The van der Waals surface area contributed by atoms with Crippen molar-refractivity contribution in [2.45, 2.75) is 50.2 Å². The van der Waals surface area contributed by atoms with Crippen molar-refractivity contribution in [3.05, 3.63) is 40.4 Å². The predicted octanol–water partition coefficient (Wildman–Crippen LogP) is 0.477. The third-order valence-electron chi connectivity index (χ3n) is 7.04. The minimum atomic E-state index is -2.01. The monoisotopic (exact) mass is 493 g/mol. The summed E-state index contributed by atoms with van der Waals surface area (Å²) in [4.78, 5) is 29.7. The van der Waals surface area contributed by atoms with Crippen molar-refractivity contribution in [2.24, 2.45) is 0 Å². The minimum Gasteiger partial charge on any atom is -0.493 e. The first-order chi connectivity index (χ1) is 16.2. The maximum absolute atomic E-state index is 12.9. The Morgan fingerprint density at radius 1 is 1.06 bits per heavy atom. The van der Waals surface area contributed by atoms with Crippen molar-refractivity contribution in [2.75, 3.05) is 33.3 Å². The number of rotatable bonds is 7. The Morgan fingerprint density at radius 3 is 2.06 bits per heavy atom. The van der Waals surface area contributed by atoms with Crippen molar-refractivity contribution in [3.8, 4) is 17.2 Å². The van der Waals surface area contributed by atoms with Gasteiger partial charge in [-0.1, -0.05) is 0 Å². The molecule has 3 rings (SSSR count). The smallest absolute Gasteiger partial charge is 0.351 e. The normalized spacial score (nSPS) is 30.1. The largest absolute Gasteiger partial charge is 0.493 e. The first-order valence-corrected chi connectivity index (χ1v) is 10.7. The third-order valence-corrected chi connectivity index (χ3v) is 7.04.